The van der Waals surface area contributed by atoms with Crippen molar-refractivity contribution in [3.05, 3.63) is 113 Å². The minimum atomic E-state index is -0.417. The molecule has 3 aromatic carbocycles. The summed E-state index contributed by atoms with van der Waals surface area (Å²) in [6.07, 6.45) is 2.93. The van der Waals surface area contributed by atoms with E-state index in [2.05, 4.69) is 29.2 Å². The molecule has 4 nitrogen and oxygen atoms in total. The second-order valence-electron chi connectivity index (χ2n) is 9.00. The molecule has 0 spiro atoms. The van der Waals surface area contributed by atoms with E-state index in [1.165, 1.54) is 16.5 Å². The fourth-order valence-corrected chi connectivity index (χ4v) is 4.97. The lowest BCUT2D eigenvalue weighted by Crippen LogP contribution is -2.39. The first-order chi connectivity index (χ1) is 16.6. The van der Waals surface area contributed by atoms with E-state index in [0.29, 0.717) is 22.8 Å². The van der Waals surface area contributed by atoms with Crippen LogP contribution in [0.4, 0.5) is 4.39 Å². The predicted molar refractivity (Wildman–Crippen MR) is 130 cm³/mol. The molecule has 0 aliphatic carbocycles. The summed E-state index contributed by atoms with van der Waals surface area (Å²) < 4.78 is 14.3. The fraction of sp³-hybridized carbons (Fsp3) is 0.241. The molecule has 5 rings (SSSR count). The Kier molecular flexibility index (Phi) is 6.26. The van der Waals surface area contributed by atoms with E-state index in [1.54, 1.807) is 18.2 Å². The van der Waals surface area contributed by atoms with Crippen molar-refractivity contribution in [2.24, 2.45) is 5.92 Å². The van der Waals surface area contributed by atoms with Crippen LogP contribution < -0.4 is 0 Å². The number of likely N-dealkylation sites (tertiary alicyclic amines) is 1. The second-order valence-corrected chi connectivity index (χ2v) is 9.00. The summed E-state index contributed by atoms with van der Waals surface area (Å²) in [7, 11) is 0. The van der Waals surface area contributed by atoms with Gasteiger partial charge in [0.2, 0.25) is 0 Å². The highest BCUT2D eigenvalue weighted by molar-refractivity contribution is 6.35. The molecular weight excluding hydrogens is 427 g/mol. The molecule has 172 valence electrons. The SMILES string of the molecule is O=C1C(c2ccccc2)=C(N2CCC(Cc3ccccc3)CC2)C(=O)N1Cc1ccccc1F. The highest BCUT2D eigenvalue weighted by Crippen LogP contribution is 2.35. The van der Waals surface area contributed by atoms with Crippen LogP contribution in [0.2, 0.25) is 0 Å². The molecule has 34 heavy (non-hydrogen) atoms. The molecule has 0 unspecified atom stereocenters. The molecule has 2 heterocycles. The van der Waals surface area contributed by atoms with Gasteiger partial charge >= 0.3 is 0 Å². The number of nitrogens with zero attached hydrogens (tertiary/aromatic N) is 2. The molecule has 5 heteroatoms. The average molecular weight is 455 g/mol. The van der Waals surface area contributed by atoms with Gasteiger partial charge in [0.25, 0.3) is 11.8 Å². The van der Waals surface area contributed by atoms with Gasteiger partial charge in [-0.2, -0.15) is 0 Å². The molecule has 2 amide bonds. The van der Waals surface area contributed by atoms with Gasteiger partial charge in [-0.05, 0) is 42.4 Å². The lowest BCUT2D eigenvalue weighted by Gasteiger charge is -2.34. The van der Waals surface area contributed by atoms with Gasteiger partial charge in [-0.15, -0.1) is 0 Å². The molecule has 2 aliphatic rings. The number of amides is 2. The van der Waals surface area contributed by atoms with Crippen LogP contribution in [0.15, 0.2) is 90.6 Å². The average Bonchev–Trinajstić information content (AvgIpc) is 3.12. The normalized spacial score (nSPS) is 17.1. The van der Waals surface area contributed by atoms with Crippen molar-refractivity contribution in [1.29, 1.82) is 0 Å². The number of piperidine rings is 1. The Morgan fingerprint density at radius 3 is 2.06 bits per heavy atom. The zero-order valence-electron chi connectivity index (χ0n) is 19.0. The lowest BCUT2D eigenvalue weighted by molar-refractivity contribution is -0.138. The smallest absolute Gasteiger partial charge is 0.278 e. The molecule has 0 N–H and O–H groups in total. The van der Waals surface area contributed by atoms with Gasteiger partial charge in [0.05, 0.1) is 12.1 Å². The third-order valence-electron chi connectivity index (χ3n) is 6.79. The molecule has 2 aliphatic heterocycles. The largest absolute Gasteiger partial charge is 0.366 e. The third kappa shape index (κ3) is 4.38. The van der Waals surface area contributed by atoms with Gasteiger partial charge in [0.1, 0.15) is 11.5 Å². The first-order valence-corrected chi connectivity index (χ1v) is 11.8. The van der Waals surface area contributed by atoms with Gasteiger partial charge in [-0.25, -0.2) is 4.39 Å². The monoisotopic (exact) mass is 454 g/mol. The Morgan fingerprint density at radius 1 is 0.765 bits per heavy atom. The molecule has 3 aromatic rings. The van der Waals surface area contributed by atoms with Gasteiger partial charge in [0.15, 0.2) is 0 Å². The van der Waals surface area contributed by atoms with Gasteiger partial charge in [0, 0.05) is 18.7 Å². The highest BCUT2D eigenvalue weighted by Gasteiger charge is 2.42. The number of carbonyl (C=O) groups excluding carboxylic acids is 2. The van der Waals surface area contributed by atoms with E-state index in [0.717, 1.165) is 37.9 Å². The van der Waals surface area contributed by atoms with Gasteiger partial charge < -0.3 is 4.90 Å². The quantitative estimate of drug-likeness (QED) is 0.489. The first kappa shape index (κ1) is 22.1. The summed E-state index contributed by atoms with van der Waals surface area (Å²) >= 11 is 0. The van der Waals surface area contributed by atoms with Crippen LogP contribution in [-0.4, -0.2) is 34.7 Å². The maximum atomic E-state index is 14.3. The number of hydrogen-bond acceptors (Lipinski definition) is 3. The maximum Gasteiger partial charge on any atom is 0.278 e. The lowest BCUT2D eigenvalue weighted by atomic mass is 9.89. The van der Waals surface area contributed by atoms with Crippen molar-refractivity contribution in [1.82, 2.24) is 9.80 Å². The van der Waals surface area contributed by atoms with Crippen LogP contribution in [0.3, 0.4) is 0 Å². The Labute approximate surface area is 199 Å². The number of carbonyl (C=O) groups is 2. The first-order valence-electron chi connectivity index (χ1n) is 11.8. The minimum absolute atomic E-state index is 0.0748. The topological polar surface area (TPSA) is 40.6 Å². The maximum absolute atomic E-state index is 14.3. The van der Waals surface area contributed by atoms with Crippen molar-refractivity contribution in [2.45, 2.75) is 25.8 Å². The van der Waals surface area contributed by atoms with Gasteiger partial charge in [-0.3, -0.25) is 14.5 Å². The summed E-state index contributed by atoms with van der Waals surface area (Å²) in [6, 6.07) is 26.1. The van der Waals surface area contributed by atoms with E-state index in [4.69, 9.17) is 0 Å². The molecule has 1 saturated heterocycles. The predicted octanol–water partition coefficient (Wildman–Crippen LogP) is 5.06. The van der Waals surface area contributed by atoms with E-state index >= 15 is 0 Å². The van der Waals surface area contributed by atoms with Crippen LogP contribution in [0.1, 0.15) is 29.5 Å². The van der Waals surface area contributed by atoms with Crippen LogP contribution in [0.5, 0.6) is 0 Å². The van der Waals surface area contributed by atoms with E-state index in [1.807, 2.05) is 36.4 Å². The summed E-state index contributed by atoms with van der Waals surface area (Å²) in [6.45, 7) is 1.36. The Morgan fingerprint density at radius 2 is 1.38 bits per heavy atom. The van der Waals surface area contributed by atoms with Crippen molar-refractivity contribution in [2.75, 3.05) is 13.1 Å². The molecular formula is C29H27FN2O2. The van der Waals surface area contributed by atoms with Crippen molar-refractivity contribution in [3.8, 4) is 0 Å². The van der Waals surface area contributed by atoms with E-state index in [-0.39, 0.29) is 18.4 Å². The van der Waals surface area contributed by atoms with Crippen LogP contribution in [-0.2, 0) is 22.6 Å². The molecule has 0 radical (unpaired) electrons. The van der Waals surface area contributed by atoms with Gasteiger partial charge in [-0.1, -0.05) is 78.9 Å². The highest BCUT2D eigenvalue weighted by atomic mass is 19.1. The molecule has 0 saturated carbocycles. The van der Waals surface area contributed by atoms with E-state index in [9.17, 15) is 14.0 Å². The Hall–Kier alpha value is -3.73. The molecule has 1 fully saturated rings. The minimum Gasteiger partial charge on any atom is -0.366 e. The Bertz CT molecular complexity index is 1220. The van der Waals surface area contributed by atoms with Crippen molar-refractivity contribution >= 4 is 17.4 Å². The number of hydrogen-bond donors (Lipinski definition) is 0. The second kappa shape index (κ2) is 9.64. The fourth-order valence-electron chi connectivity index (χ4n) is 4.97. The summed E-state index contributed by atoms with van der Waals surface area (Å²) in [5, 5.41) is 0. The number of imide groups is 1. The zero-order valence-corrected chi connectivity index (χ0v) is 19.0. The summed E-state index contributed by atoms with van der Waals surface area (Å²) in [5.41, 5.74) is 3.25. The number of rotatable bonds is 6. The van der Waals surface area contributed by atoms with Crippen molar-refractivity contribution in [3.63, 3.8) is 0 Å². The molecule has 0 bridgehead atoms. The summed E-state index contributed by atoms with van der Waals surface area (Å²) in [4.78, 5) is 30.3. The third-order valence-corrected chi connectivity index (χ3v) is 6.79. The Balaban J connectivity index is 1.40. The van der Waals surface area contributed by atoms with Crippen LogP contribution in [0.25, 0.3) is 5.57 Å². The standard InChI is InChI=1S/C29H27FN2O2/c30-25-14-8-7-13-24(25)20-32-28(33)26(23-11-5-2-6-12-23)27(29(32)34)31-17-15-22(16-18-31)19-21-9-3-1-4-10-21/h1-14,22H,15-20H2. The van der Waals surface area contributed by atoms with Crippen molar-refractivity contribution < 1.29 is 14.0 Å². The van der Waals surface area contributed by atoms with E-state index < -0.39 is 5.82 Å². The zero-order chi connectivity index (χ0) is 23.5. The molecule has 0 atom stereocenters. The van der Waals surface area contributed by atoms with Crippen LogP contribution in [0, 0.1) is 11.7 Å². The summed E-state index contributed by atoms with van der Waals surface area (Å²) in [5.74, 6) is -0.574. The van der Waals surface area contributed by atoms with Crippen LogP contribution >= 0.6 is 0 Å². The number of halogens is 1. The molecule has 0 aromatic heterocycles. The number of benzene rings is 3.